The van der Waals surface area contributed by atoms with Gasteiger partial charge in [0.25, 0.3) is 0 Å². The van der Waals surface area contributed by atoms with Crippen LogP contribution in [-0.4, -0.2) is 44.8 Å². The second-order valence-corrected chi connectivity index (χ2v) is 5.75. The molecule has 120 valence electrons. The molecular weight excluding hydrogens is 260 g/mol. The molecule has 0 aliphatic rings. The molecule has 1 aromatic carbocycles. The van der Waals surface area contributed by atoms with Crippen LogP contribution in [0.1, 0.15) is 43.0 Å². The minimum absolute atomic E-state index is 0.435. The van der Waals surface area contributed by atoms with Gasteiger partial charge in [-0.05, 0) is 38.9 Å². The molecule has 0 radical (unpaired) electrons. The lowest BCUT2D eigenvalue weighted by molar-refractivity contribution is 0.148. The average Bonchev–Trinajstić information content (AvgIpc) is 2.45. The number of methoxy groups -OCH3 is 1. The largest absolute Gasteiger partial charge is 0.383 e. The number of ether oxygens (including phenoxy) is 1. The first kappa shape index (κ1) is 18.1. The topological polar surface area (TPSA) is 24.5 Å². The minimum atomic E-state index is 0.435. The minimum Gasteiger partial charge on any atom is -0.383 e. The molecule has 1 aromatic rings. The van der Waals surface area contributed by atoms with Gasteiger partial charge in [-0.3, -0.25) is 0 Å². The molecule has 1 rings (SSSR count). The maximum Gasteiger partial charge on any atom is 0.0589 e. The van der Waals surface area contributed by atoms with Crippen molar-refractivity contribution in [3.05, 3.63) is 34.9 Å². The van der Waals surface area contributed by atoms with Crippen LogP contribution in [0.25, 0.3) is 0 Å². The van der Waals surface area contributed by atoms with Crippen LogP contribution in [-0.2, 0) is 4.74 Å². The van der Waals surface area contributed by atoms with Gasteiger partial charge in [0.2, 0.25) is 0 Å². The number of benzene rings is 1. The summed E-state index contributed by atoms with van der Waals surface area (Å²) in [5.41, 5.74) is 4.11. The molecule has 0 saturated heterocycles. The zero-order chi connectivity index (χ0) is 15.7. The van der Waals surface area contributed by atoms with Gasteiger partial charge in [-0.25, -0.2) is 0 Å². The van der Waals surface area contributed by atoms with Crippen LogP contribution < -0.4 is 5.32 Å². The Kier molecular flexibility index (Phi) is 8.58. The maximum atomic E-state index is 5.19. The Bertz CT molecular complexity index is 386. The van der Waals surface area contributed by atoms with Gasteiger partial charge in [-0.1, -0.05) is 43.2 Å². The van der Waals surface area contributed by atoms with Crippen LogP contribution in [0, 0.1) is 13.8 Å². The Balaban J connectivity index is 2.68. The molecule has 0 aromatic heterocycles. The third kappa shape index (κ3) is 6.60. The zero-order valence-corrected chi connectivity index (χ0v) is 14.4. The molecule has 0 heterocycles. The van der Waals surface area contributed by atoms with Crippen LogP contribution in [0.15, 0.2) is 18.2 Å². The van der Waals surface area contributed by atoms with E-state index in [1.165, 1.54) is 16.7 Å². The highest BCUT2D eigenvalue weighted by atomic mass is 16.5. The highest BCUT2D eigenvalue weighted by Crippen LogP contribution is 2.20. The fourth-order valence-corrected chi connectivity index (χ4v) is 2.80. The lowest BCUT2D eigenvalue weighted by Gasteiger charge is -2.25. The third-order valence-electron chi connectivity index (χ3n) is 3.89. The SMILES string of the molecule is CCNC(CCN(CC)CCOC)c1cc(C)cc(C)c1. The number of rotatable bonds is 10. The maximum absolute atomic E-state index is 5.19. The summed E-state index contributed by atoms with van der Waals surface area (Å²) in [6.07, 6.45) is 1.13. The number of hydrogen-bond donors (Lipinski definition) is 1. The normalized spacial score (nSPS) is 12.9. The van der Waals surface area contributed by atoms with Gasteiger partial charge in [-0.2, -0.15) is 0 Å². The molecular formula is C18H32N2O. The van der Waals surface area contributed by atoms with Gasteiger partial charge in [-0.15, -0.1) is 0 Å². The first-order valence-electron chi connectivity index (χ1n) is 8.13. The number of likely N-dealkylation sites (N-methyl/N-ethyl adjacent to an activating group) is 1. The Labute approximate surface area is 130 Å². The summed E-state index contributed by atoms with van der Waals surface area (Å²) >= 11 is 0. The van der Waals surface area contributed by atoms with E-state index in [4.69, 9.17) is 4.74 Å². The van der Waals surface area contributed by atoms with Gasteiger partial charge in [0.05, 0.1) is 6.61 Å². The van der Waals surface area contributed by atoms with E-state index in [-0.39, 0.29) is 0 Å². The molecule has 1 unspecified atom stereocenters. The predicted octanol–water partition coefficient (Wildman–Crippen LogP) is 3.31. The number of hydrogen-bond acceptors (Lipinski definition) is 3. The highest BCUT2D eigenvalue weighted by molar-refractivity contribution is 5.30. The van der Waals surface area contributed by atoms with Crippen LogP contribution in [0.5, 0.6) is 0 Å². The molecule has 0 spiro atoms. The number of aryl methyl sites for hydroxylation is 2. The van der Waals surface area contributed by atoms with Gasteiger partial charge < -0.3 is 15.0 Å². The number of nitrogens with one attached hydrogen (secondary N) is 1. The van der Waals surface area contributed by atoms with Crippen LogP contribution in [0.4, 0.5) is 0 Å². The zero-order valence-electron chi connectivity index (χ0n) is 14.4. The summed E-state index contributed by atoms with van der Waals surface area (Å²) < 4.78 is 5.19. The second-order valence-electron chi connectivity index (χ2n) is 5.75. The molecule has 1 atom stereocenters. The van der Waals surface area contributed by atoms with Crippen molar-refractivity contribution in [2.45, 2.75) is 40.2 Å². The fourth-order valence-electron chi connectivity index (χ4n) is 2.80. The van der Waals surface area contributed by atoms with Crippen molar-refractivity contribution in [2.24, 2.45) is 0 Å². The Hall–Kier alpha value is -0.900. The van der Waals surface area contributed by atoms with Crippen molar-refractivity contribution in [2.75, 3.05) is 39.9 Å². The van der Waals surface area contributed by atoms with E-state index in [0.717, 1.165) is 39.2 Å². The molecule has 0 aliphatic heterocycles. The van der Waals surface area contributed by atoms with Gasteiger partial charge in [0, 0.05) is 26.2 Å². The first-order valence-corrected chi connectivity index (χ1v) is 8.13. The molecule has 3 nitrogen and oxygen atoms in total. The van der Waals surface area contributed by atoms with Gasteiger partial charge >= 0.3 is 0 Å². The molecule has 0 saturated carbocycles. The molecule has 21 heavy (non-hydrogen) atoms. The molecule has 0 bridgehead atoms. The van der Waals surface area contributed by atoms with Crippen molar-refractivity contribution >= 4 is 0 Å². The van der Waals surface area contributed by atoms with Crippen LogP contribution in [0.2, 0.25) is 0 Å². The Morgan fingerprint density at radius 1 is 1.10 bits per heavy atom. The predicted molar refractivity (Wildman–Crippen MR) is 90.9 cm³/mol. The molecule has 1 N–H and O–H groups in total. The van der Waals surface area contributed by atoms with Crippen molar-refractivity contribution in [1.29, 1.82) is 0 Å². The summed E-state index contributed by atoms with van der Waals surface area (Å²) in [4.78, 5) is 2.45. The molecule has 0 aliphatic carbocycles. The number of nitrogens with zero attached hydrogens (tertiary/aromatic N) is 1. The van der Waals surface area contributed by atoms with Crippen molar-refractivity contribution in [3.63, 3.8) is 0 Å². The molecule has 3 heteroatoms. The lowest BCUT2D eigenvalue weighted by Crippen LogP contribution is -2.32. The van der Waals surface area contributed by atoms with Crippen molar-refractivity contribution in [3.8, 4) is 0 Å². The lowest BCUT2D eigenvalue weighted by atomic mass is 9.99. The van der Waals surface area contributed by atoms with E-state index in [1.807, 2.05) is 0 Å². The second kappa shape index (κ2) is 9.93. The summed E-state index contributed by atoms with van der Waals surface area (Å²) in [6, 6.07) is 7.30. The monoisotopic (exact) mass is 292 g/mol. The highest BCUT2D eigenvalue weighted by Gasteiger charge is 2.13. The standard InChI is InChI=1S/C18H32N2O/c1-6-19-18(8-9-20(7-2)10-11-21-5)17-13-15(3)12-16(4)14-17/h12-14,18-19H,6-11H2,1-5H3. The van der Waals surface area contributed by atoms with Crippen LogP contribution >= 0.6 is 0 Å². The summed E-state index contributed by atoms with van der Waals surface area (Å²) in [6.45, 7) is 13.8. The van der Waals surface area contributed by atoms with Crippen LogP contribution in [0.3, 0.4) is 0 Å². The summed E-state index contributed by atoms with van der Waals surface area (Å²) in [5.74, 6) is 0. The van der Waals surface area contributed by atoms with E-state index in [0.29, 0.717) is 6.04 Å². The third-order valence-corrected chi connectivity index (χ3v) is 3.89. The summed E-state index contributed by atoms with van der Waals surface area (Å²) in [5, 5.41) is 3.63. The smallest absolute Gasteiger partial charge is 0.0589 e. The molecule has 0 amide bonds. The van der Waals surface area contributed by atoms with Gasteiger partial charge in [0.1, 0.15) is 0 Å². The van der Waals surface area contributed by atoms with E-state index >= 15 is 0 Å². The van der Waals surface area contributed by atoms with Crippen molar-refractivity contribution in [1.82, 2.24) is 10.2 Å². The van der Waals surface area contributed by atoms with Crippen molar-refractivity contribution < 1.29 is 4.74 Å². The van der Waals surface area contributed by atoms with E-state index in [9.17, 15) is 0 Å². The average molecular weight is 292 g/mol. The van der Waals surface area contributed by atoms with E-state index < -0.39 is 0 Å². The van der Waals surface area contributed by atoms with E-state index in [1.54, 1.807) is 7.11 Å². The van der Waals surface area contributed by atoms with E-state index in [2.05, 4.69) is 56.1 Å². The fraction of sp³-hybridized carbons (Fsp3) is 0.667. The Morgan fingerprint density at radius 3 is 2.29 bits per heavy atom. The Morgan fingerprint density at radius 2 is 1.76 bits per heavy atom. The quantitative estimate of drug-likeness (QED) is 0.716. The summed E-state index contributed by atoms with van der Waals surface area (Å²) in [7, 11) is 1.77. The van der Waals surface area contributed by atoms with Gasteiger partial charge in [0.15, 0.2) is 0 Å². The first-order chi connectivity index (χ1) is 10.1. The molecule has 0 fully saturated rings.